The van der Waals surface area contributed by atoms with Crippen molar-refractivity contribution in [3.8, 4) is 0 Å². The molecule has 2 aromatic carbocycles. The fraction of sp³-hybridized carbons (Fsp3) is 0.294. The summed E-state index contributed by atoms with van der Waals surface area (Å²) in [6, 6.07) is 16.0. The zero-order valence-electron chi connectivity index (χ0n) is 10.9. The van der Waals surface area contributed by atoms with E-state index in [1.165, 1.54) is 23.6 Å². The minimum Gasteiger partial charge on any atom is -0.310 e. The largest absolute Gasteiger partial charge is 0.310 e. The standard InChI is InChI=1S/C17H18FN/c18-15-6-3-4-13(12-15)10-11-19-17-9-8-14-5-1-2-7-16(14)17/h1-7,12,17,19H,8-11H2. The van der Waals surface area contributed by atoms with Crippen molar-refractivity contribution < 1.29 is 4.39 Å². The molecule has 98 valence electrons. The van der Waals surface area contributed by atoms with E-state index in [0.29, 0.717) is 6.04 Å². The predicted octanol–water partition coefficient (Wildman–Crippen LogP) is 3.65. The van der Waals surface area contributed by atoms with E-state index < -0.39 is 0 Å². The lowest BCUT2D eigenvalue weighted by Gasteiger charge is -2.14. The number of hydrogen-bond acceptors (Lipinski definition) is 1. The second-order valence-electron chi connectivity index (χ2n) is 5.12. The summed E-state index contributed by atoms with van der Waals surface area (Å²) in [6.07, 6.45) is 3.20. The summed E-state index contributed by atoms with van der Waals surface area (Å²) in [5.74, 6) is -0.149. The van der Waals surface area contributed by atoms with E-state index >= 15 is 0 Å². The van der Waals surface area contributed by atoms with Crippen molar-refractivity contribution in [2.75, 3.05) is 6.54 Å². The van der Waals surface area contributed by atoms with Crippen LogP contribution in [0.2, 0.25) is 0 Å². The van der Waals surface area contributed by atoms with Gasteiger partial charge >= 0.3 is 0 Å². The van der Waals surface area contributed by atoms with Gasteiger partial charge in [0, 0.05) is 6.04 Å². The van der Waals surface area contributed by atoms with Crippen LogP contribution < -0.4 is 5.32 Å². The molecule has 0 aromatic heterocycles. The summed E-state index contributed by atoms with van der Waals surface area (Å²) >= 11 is 0. The quantitative estimate of drug-likeness (QED) is 0.879. The smallest absolute Gasteiger partial charge is 0.123 e. The van der Waals surface area contributed by atoms with Crippen molar-refractivity contribution in [3.05, 3.63) is 71.0 Å². The molecule has 1 unspecified atom stereocenters. The van der Waals surface area contributed by atoms with Gasteiger partial charge in [-0.15, -0.1) is 0 Å². The summed E-state index contributed by atoms with van der Waals surface area (Å²) in [7, 11) is 0. The molecule has 1 N–H and O–H groups in total. The van der Waals surface area contributed by atoms with E-state index in [1.807, 2.05) is 6.07 Å². The van der Waals surface area contributed by atoms with Gasteiger partial charge in [-0.3, -0.25) is 0 Å². The Morgan fingerprint density at radius 2 is 2.00 bits per heavy atom. The van der Waals surface area contributed by atoms with Gasteiger partial charge in [0.25, 0.3) is 0 Å². The maximum Gasteiger partial charge on any atom is 0.123 e. The first-order valence-corrected chi connectivity index (χ1v) is 6.88. The first-order valence-electron chi connectivity index (χ1n) is 6.88. The number of rotatable bonds is 4. The van der Waals surface area contributed by atoms with Gasteiger partial charge in [-0.05, 0) is 54.6 Å². The van der Waals surface area contributed by atoms with E-state index in [2.05, 4.69) is 29.6 Å². The Kier molecular flexibility index (Phi) is 3.60. The molecule has 0 fully saturated rings. The van der Waals surface area contributed by atoms with Crippen LogP contribution in [0.1, 0.15) is 29.2 Å². The van der Waals surface area contributed by atoms with Crippen molar-refractivity contribution >= 4 is 0 Å². The second-order valence-corrected chi connectivity index (χ2v) is 5.12. The summed E-state index contributed by atoms with van der Waals surface area (Å²) in [4.78, 5) is 0. The van der Waals surface area contributed by atoms with Gasteiger partial charge in [0.1, 0.15) is 5.82 Å². The maximum absolute atomic E-state index is 13.1. The monoisotopic (exact) mass is 255 g/mol. The molecule has 1 atom stereocenters. The summed E-state index contributed by atoms with van der Waals surface area (Å²) < 4.78 is 13.1. The van der Waals surface area contributed by atoms with Gasteiger partial charge in [0.2, 0.25) is 0 Å². The van der Waals surface area contributed by atoms with Crippen molar-refractivity contribution in [3.63, 3.8) is 0 Å². The Morgan fingerprint density at radius 1 is 1.11 bits per heavy atom. The zero-order valence-corrected chi connectivity index (χ0v) is 10.9. The van der Waals surface area contributed by atoms with E-state index in [9.17, 15) is 4.39 Å². The average molecular weight is 255 g/mol. The van der Waals surface area contributed by atoms with Gasteiger partial charge in [0.15, 0.2) is 0 Å². The molecule has 1 nitrogen and oxygen atoms in total. The molecule has 2 heteroatoms. The van der Waals surface area contributed by atoms with Crippen LogP contribution >= 0.6 is 0 Å². The minimum absolute atomic E-state index is 0.149. The van der Waals surface area contributed by atoms with Crippen molar-refractivity contribution in [2.24, 2.45) is 0 Å². The molecule has 0 radical (unpaired) electrons. The molecule has 0 saturated carbocycles. The van der Waals surface area contributed by atoms with E-state index in [1.54, 1.807) is 12.1 Å². The molecule has 0 spiro atoms. The van der Waals surface area contributed by atoms with Crippen LogP contribution in [0.5, 0.6) is 0 Å². The highest BCUT2D eigenvalue weighted by Crippen LogP contribution is 2.30. The minimum atomic E-state index is -0.149. The molecule has 0 amide bonds. The number of hydrogen-bond donors (Lipinski definition) is 1. The van der Waals surface area contributed by atoms with E-state index in [0.717, 1.165) is 24.9 Å². The number of aryl methyl sites for hydroxylation is 1. The number of halogens is 1. The zero-order chi connectivity index (χ0) is 13.1. The number of benzene rings is 2. The third kappa shape index (κ3) is 2.85. The summed E-state index contributed by atoms with van der Waals surface area (Å²) in [6.45, 7) is 0.891. The van der Waals surface area contributed by atoms with Crippen molar-refractivity contribution in [1.82, 2.24) is 5.32 Å². The molecule has 2 aromatic rings. The normalized spacial score (nSPS) is 17.4. The van der Waals surface area contributed by atoms with Crippen LogP contribution in [0.25, 0.3) is 0 Å². The molecule has 0 saturated heterocycles. The molecule has 1 aliphatic rings. The Hall–Kier alpha value is -1.67. The Labute approximate surface area is 113 Å². The van der Waals surface area contributed by atoms with Crippen molar-refractivity contribution in [1.29, 1.82) is 0 Å². The van der Waals surface area contributed by atoms with Gasteiger partial charge in [-0.25, -0.2) is 4.39 Å². The summed E-state index contributed by atoms with van der Waals surface area (Å²) in [5, 5.41) is 3.58. The molecule has 3 rings (SSSR count). The lowest BCUT2D eigenvalue weighted by Crippen LogP contribution is -2.21. The molecular formula is C17H18FN. The van der Waals surface area contributed by atoms with Gasteiger partial charge in [0.05, 0.1) is 0 Å². The molecular weight excluding hydrogens is 237 g/mol. The number of fused-ring (bicyclic) bond motifs is 1. The molecule has 0 aliphatic heterocycles. The lowest BCUT2D eigenvalue weighted by atomic mass is 10.1. The third-order valence-corrected chi connectivity index (χ3v) is 3.83. The Morgan fingerprint density at radius 3 is 2.89 bits per heavy atom. The Bertz CT molecular complexity index is 565. The first kappa shape index (κ1) is 12.4. The summed E-state index contributed by atoms with van der Waals surface area (Å²) in [5.41, 5.74) is 3.95. The Balaban J connectivity index is 1.57. The first-order chi connectivity index (χ1) is 9.33. The van der Waals surface area contributed by atoms with Gasteiger partial charge in [-0.2, -0.15) is 0 Å². The topological polar surface area (TPSA) is 12.0 Å². The molecule has 19 heavy (non-hydrogen) atoms. The van der Waals surface area contributed by atoms with E-state index in [4.69, 9.17) is 0 Å². The SMILES string of the molecule is Fc1cccc(CCNC2CCc3ccccc32)c1. The highest BCUT2D eigenvalue weighted by molar-refractivity contribution is 5.34. The van der Waals surface area contributed by atoms with E-state index in [-0.39, 0.29) is 5.82 Å². The van der Waals surface area contributed by atoms with Crippen LogP contribution in [0.15, 0.2) is 48.5 Å². The highest BCUT2D eigenvalue weighted by Gasteiger charge is 2.20. The van der Waals surface area contributed by atoms with Crippen molar-refractivity contribution in [2.45, 2.75) is 25.3 Å². The van der Waals surface area contributed by atoms with Crippen LogP contribution in [0.3, 0.4) is 0 Å². The fourth-order valence-corrected chi connectivity index (χ4v) is 2.85. The van der Waals surface area contributed by atoms with Crippen LogP contribution in [0.4, 0.5) is 4.39 Å². The average Bonchev–Trinajstić information content (AvgIpc) is 2.83. The third-order valence-electron chi connectivity index (χ3n) is 3.83. The molecule has 0 heterocycles. The lowest BCUT2D eigenvalue weighted by molar-refractivity contribution is 0.533. The fourth-order valence-electron chi connectivity index (χ4n) is 2.85. The second kappa shape index (κ2) is 5.54. The van der Waals surface area contributed by atoms with Crippen LogP contribution in [-0.4, -0.2) is 6.54 Å². The maximum atomic E-state index is 13.1. The van der Waals surface area contributed by atoms with Gasteiger partial charge < -0.3 is 5.32 Å². The van der Waals surface area contributed by atoms with Crippen LogP contribution in [-0.2, 0) is 12.8 Å². The molecule has 0 bridgehead atoms. The van der Waals surface area contributed by atoms with Gasteiger partial charge in [-0.1, -0.05) is 36.4 Å². The molecule has 1 aliphatic carbocycles. The highest BCUT2D eigenvalue weighted by atomic mass is 19.1. The predicted molar refractivity (Wildman–Crippen MR) is 75.6 cm³/mol. The number of nitrogens with one attached hydrogen (secondary N) is 1. The van der Waals surface area contributed by atoms with Crippen LogP contribution in [0, 0.1) is 5.82 Å².